The maximum Gasteiger partial charge on any atom is 0.301 e. The Balaban J connectivity index is 1.47. The van der Waals surface area contributed by atoms with Gasteiger partial charge in [-0.05, 0) is 78.5 Å². The van der Waals surface area contributed by atoms with E-state index in [1.807, 2.05) is 31.2 Å². The number of piperidine rings is 1. The van der Waals surface area contributed by atoms with Crippen LogP contribution in [0.25, 0.3) is 0 Å². The van der Waals surface area contributed by atoms with E-state index in [1.165, 1.54) is 22.3 Å². The van der Waals surface area contributed by atoms with Crippen molar-refractivity contribution in [3.8, 4) is 0 Å². The van der Waals surface area contributed by atoms with E-state index < -0.39 is 10.2 Å². The Bertz CT molecular complexity index is 1170. The molecule has 5 rings (SSSR count). The third-order valence-corrected chi connectivity index (χ3v) is 8.45. The van der Waals surface area contributed by atoms with Gasteiger partial charge in [0, 0.05) is 19.0 Å². The smallest absolute Gasteiger partial charge is 0.271 e. The highest BCUT2D eigenvalue weighted by Crippen LogP contribution is 2.42. The van der Waals surface area contributed by atoms with E-state index in [2.05, 4.69) is 53.3 Å². The van der Waals surface area contributed by atoms with Crippen LogP contribution in [-0.2, 0) is 23.1 Å². The first-order valence-electron chi connectivity index (χ1n) is 11.5. The number of hydrogen-bond acceptors (Lipinski definition) is 2. The first kappa shape index (κ1) is 21.2. The first-order valence-corrected chi connectivity index (χ1v) is 13.0. The quantitative estimate of drug-likeness (QED) is 0.592. The van der Waals surface area contributed by atoms with Crippen molar-refractivity contribution in [2.45, 2.75) is 38.5 Å². The highest BCUT2D eigenvalue weighted by Gasteiger charge is 2.36. The lowest BCUT2D eigenvalue weighted by Gasteiger charge is -2.37. The second kappa shape index (κ2) is 8.72. The van der Waals surface area contributed by atoms with Gasteiger partial charge in [0.1, 0.15) is 0 Å². The van der Waals surface area contributed by atoms with Crippen molar-refractivity contribution < 1.29 is 8.42 Å². The van der Waals surface area contributed by atoms with Crippen molar-refractivity contribution in [3.05, 3.63) is 101 Å². The first-order chi connectivity index (χ1) is 15.5. The van der Waals surface area contributed by atoms with Crippen molar-refractivity contribution in [1.82, 2.24) is 4.31 Å². The highest BCUT2D eigenvalue weighted by atomic mass is 32.2. The summed E-state index contributed by atoms with van der Waals surface area (Å²) in [6, 6.07) is 25.0. The van der Waals surface area contributed by atoms with E-state index in [4.69, 9.17) is 0 Å². The molecule has 166 valence electrons. The number of nitrogens with one attached hydrogen (secondary N) is 1. The average molecular weight is 447 g/mol. The van der Waals surface area contributed by atoms with E-state index in [-0.39, 0.29) is 11.8 Å². The largest absolute Gasteiger partial charge is 0.301 e. The summed E-state index contributed by atoms with van der Waals surface area (Å²) in [5, 5.41) is 0. The second-order valence-corrected chi connectivity index (χ2v) is 10.8. The van der Waals surface area contributed by atoms with E-state index in [0.717, 1.165) is 31.2 Å². The fraction of sp³-hybridized carbons (Fsp3) is 0.333. The Labute approximate surface area is 191 Å². The molecule has 3 aromatic rings. The van der Waals surface area contributed by atoms with Crippen LogP contribution < -0.4 is 4.72 Å². The van der Waals surface area contributed by atoms with Gasteiger partial charge in [-0.15, -0.1) is 0 Å². The average Bonchev–Trinajstić information content (AvgIpc) is 2.96. The SMILES string of the molecule is Cc1cccc(NS(=O)(=O)N2CCCC(C3c4ccccc4CCc4ccccc43)C2)c1. The molecule has 0 amide bonds. The van der Waals surface area contributed by atoms with Crippen molar-refractivity contribution in [2.24, 2.45) is 5.92 Å². The van der Waals surface area contributed by atoms with Gasteiger partial charge in [0.05, 0.1) is 5.69 Å². The van der Waals surface area contributed by atoms with Gasteiger partial charge in [0.2, 0.25) is 0 Å². The lowest BCUT2D eigenvalue weighted by Crippen LogP contribution is -2.44. The van der Waals surface area contributed by atoms with Crippen molar-refractivity contribution in [1.29, 1.82) is 0 Å². The van der Waals surface area contributed by atoms with Gasteiger partial charge in [-0.1, -0.05) is 60.7 Å². The summed E-state index contributed by atoms with van der Waals surface area (Å²) in [5.41, 5.74) is 7.19. The number of aryl methyl sites for hydroxylation is 3. The van der Waals surface area contributed by atoms with Crippen molar-refractivity contribution >= 4 is 15.9 Å². The summed E-state index contributed by atoms with van der Waals surface area (Å²) >= 11 is 0. The Kier molecular flexibility index (Phi) is 5.78. The molecule has 1 heterocycles. The van der Waals surface area contributed by atoms with Crippen LogP contribution in [0.15, 0.2) is 72.8 Å². The zero-order valence-electron chi connectivity index (χ0n) is 18.5. The molecule has 1 aliphatic carbocycles. The lowest BCUT2D eigenvalue weighted by atomic mass is 9.76. The molecule has 5 heteroatoms. The minimum atomic E-state index is -3.61. The van der Waals surface area contributed by atoms with Crippen LogP contribution in [0.4, 0.5) is 5.69 Å². The minimum absolute atomic E-state index is 0.224. The van der Waals surface area contributed by atoms with Crippen LogP contribution in [0.2, 0.25) is 0 Å². The molecule has 1 fully saturated rings. The molecule has 2 aliphatic rings. The summed E-state index contributed by atoms with van der Waals surface area (Å²) in [7, 11) is -3.61. The maximum absolute atomic E-state index is 13.3. The van der Waals surface area contributed by atoms with E-state index in [0.29, 0.717) is 18.8 Å². The third-order valence-electron chi connectivity index (χ3n) is 6.94. The van der Waals surface area contributed by atoms with Gasteiger partial charge in [-0.25, -0.2) is 0 Å². The molecular formula is C27H30N2O2S. The molecule has 0 saturated carbocycles. The van der Waals surface area contributed by atoms with Crippen LogP contribution in [-0.4, -0.2) is 25.8 Å². The summed E-state index contributed by atoms with van der Waals surface area (Å²) in [5.74, 6) is 0.472. The normalized spacial score (nSPS) is 19.6. The topological polar surface area (TPSA) is 49.4 Å². The number of rotatable bonds is 4. The fourth-order valence-corrected chi connectivity index (χ4v) is 6.77. The number of nitrogens with zero attached hydrogens (tertiary/aromatic N) is 1. The van der Waals surface area contributed by atoms with E-state index >= 15 is 0 Å². The van der Waals surface area contributed by atoms with Crippen molar-refractivity contribution in [2.75, 3.05) is 17.8 Å². The van der Waals surface area contributed by atoms with Crippen LogP contribution in [0.1, 0.15) is 46.6 Å². The molecule has 1 unspecified atom stereocenters. The summed E-state index contributed by atoms with van der Waals surface area (Å²) in [4.78, 5) is 0. The molecule has 3 aromatic carbocycles. The predicted molar refractivity (Wildman–Crippen MR) is 130 cm³/mol. The zero-order valence-corrected chi connectivity index (χ0v) is 19.3. The molecule has 0 bridgehead atoms. The Hall–Kier alpha value is -2.63. The van der Waals surface area contributed by atoms with E-state index in [1.54, 1.807) is 4.31 Å². The molecule has 4 nitrogen and oxygen atoms in total. The number of anilines is 1. The molecular weight excluding hydrogens is 416 g/mol. The third kappa shape index (κ3) is 4.19. The van der Waals surface area contributed by atoms with Crippen LogP contribution in [0.3, 0.4) is 0 Å². The molecule has 1 saturated heterocycles. The molecule has 0 aromatic heterocycles. The highest BCUT2D eigenvalue weighted by molar-refractivity contribution is 7.90. The standard InChI is InChI=1S/C27H30N2O2S/c1-20-8-6-12-24(18-20)28-32(30,31)29-17-7-11-23(19-29)27-25-13-4-2-9-21(25)15-16-22-10-3-5-14-26(22)27/h2-6,8-10,12-14,18,23,27-28H,7,11,15-17,19H2,1H3. The van der Waals surface area contributed by atoms with Gasteiger partial charge in [-0.2, -0.15) is 12.7 Å². The van der Waals surface area contributed by atoms with Crippen molar-refractivity contribution in [3.63, 3.8) is 0 Å². The molecule has 1 N–H and O–H groups in total. The lowest BCUT2D eigenvalue weighted by molar-refractivity contribution is 0.249. The van der Waals surface area contributed by atoms with Gasteiger partial charge in [-0.3, -0.25) is 4.72 Å². The minimum Gasteiger partial charge on any atom is -0.271 e. The Morgan fingerprint density at radius 1 is 0.875 bits per heavy atom. The molecule has 32 heavy (non-hydrogen) atoms. The number of fused-ring (bicyclic) bond motifs is 2. The van der Waals surface area contributed by atoms with Gasteiger partial charge in [0.15, 0.2) is 0 Å². The molecule has 0 radical (unpaired) electrons. The Morgan fingerprint density at radius 3 is 2.19 bits per heavy atom. The van der Waals surface area contributed by atoms with Gasteiger partial charge in [0.25, 0.3) is 0 Å². The Morgan fingerprint density at radius 2 is 1.53 bits per heavy atom. The summed E-state index contributed by atoms with van der Waals surface area (Å²) in [6.07, 6.45) is 3.98. The number of benzene rings is 3. The van der Waals surface area contributed by atoms with Crippen LogP contribution in [0.5, 0.6) is 0 Å². The molecule has 1 aliphatic heterocycles. The molecule has 0 spiro atoms. The van der Waals surface area contributed by atoms with Crippen LogP contribution >= 0.6 is 0 Å². The maximum atomic E-state index is 13.3. The fourth-order valence-electron chi connectivity index (χ4n) is 5.46. The number of hydrogen-bond donors (Lipinski definition) is 1. The second-order valence-electron chi connectivity index (χ2n) is 9.11. The zero-order chi connectivity index (χ0) is 22.1. The van der Waals surface area contributed by atoms with E-state index in [9.17, 15) is 8.42 Å². The molecule has 1 atom stereocenters. The van der Waals surface area contributed by atoms with Crippen LogP contribution in [0, 0.1) is 12.8 Å². The monoisotopic (exact) mass is 446 g/mol. The van der Waals surface area contributed by atoms with Gasteiger partial charge < -0.3 is 0 Å². The van der Waals surface area contributed by atoms with Gasteiger partial charge >= 0.3 is 10.2 Å². The summed E-state index contributed by atoms with van der Waals surface area (Å²) < 4.78 is 31.0. The summed E-state index contributed by atoms with van der Waals surface area (Å²) in [6.45, 7) is 3.07. The predicted octanol–water partition coefficient (Wildman–Crippen LogP) is 5.29.